The number of carbonyl (C=O) groups is 3. The van der Waals surface area contributed by atoms with E-state index in [9.17, 15) is 14.4 Å². The van der Waals surface area contributed by atoms with Gasteiger partial charge in [-0.25, -0.2) is 4.79 Å². The molecule has 0 aliphatic carbocycles. The van der Waals surface area contributed by atoms with E-state index in [-0.39, 0.29) is 30.8 Å². The van der Waals surface area contributed by atoms with Crippen LogP contribution in [0.3, 0.4) is 0 Å². The molecule has 0 N–H and O–H groups in total. The number of methoxy groups -OCH3 is 4. The molecule has 10 nitrogen and oxygen atoms in total. The topological polar surface area (TPSA) is 97.8 Å². The molecular formula is C28H33N3O7. The van der Waals surface area contributed by atoms with Gasteiger partial charge >= 0.3 is 6.03 Å². The minimum atomic E-state index is -0.533. The molecule has 0 aromatic heterocycles. The van der Waals surface area contributed by atoms with Crippen LogP contribution in [0.25, 0.3) is 0 Å². The lowest BCUT2D eigenvalue weighted by Crippen LogP contribution is -2.40. The van der Waals surface area contributed by atoms with E-state index in [1.165, 1.54) is 4.90 Å². The lowest BCUT2D eigenvalue weighted by molar-refractivity contribution is -0.133. The van der Waals surface area contributed by atoms with Gasteiger partial charge in [-0.3, -0.25) is 14.5 Å². The number of imide groups is 1. The second-order valence-corrected chi connectivity index (χ2v) is 9.74. The highest BCUT2D eigenvalue weighted by molar-refractivity contribution is 6.04. The number of hydrogen-bond acceptors (Lipinski definition) is 7. The van der Waals surface area contributed by atoms with Crippen molar-refractivity contribution < 1.29 is 33.3 Å². The van der Waals surface area contributed by atoms with E-state index in [1.807, 2.05) is 29.2 Å². The molecule has 3 aliphatic heterocycles. The summed E-state index contributed by atoms with van der Waals surface area (Å²) >= 11 is 0. The van der Waals surface area contributed by atoms with Crippen molar-refractivity contribution in [1.29, 1.82) is 0 Å². The fourth-order valence-corrected chi connectivity index (χ4v) is 5.61. The van der Waals surface area contributed by atoms with Gasteiger partial charge in [0.1, 0.15) is 6.04 Å². The summed E-state index contributed by atoms with van der Waals surface area (Å²) in [6, 6.07) is 6.81. The second-order valence-electron chi connectivity index (χ2n) is 9.74. The number of rotatable bonds is 8. The molecule has 1 fully saturated rings. The van der Waals surface area contributed by atoms with Crippen molar-refractivity contribution in [3.63, 3.8) is 0 Å². The van der Waals surface area contributed by atoms with Gasteiger partial charge in [-0.05, 0) is 59.4 Å². The zero-order valence-corrected chi connectivity index (χ0v) is 22.2. The van der Waals surface area contributed by atoms with E-state index in [0.29, 0.717) is 55.5 Å². The highest BCUT2D eigenvalue weighted by Crippen LogP contribution is 2.37. The van der Waals surface area contributed by atoms with Gasteiger partial charge in [0.15, 0.2) is 23.0 Å². The minimum absolute atomic E-state index is 0.00819. The predicted octanol–water partition coefficient (Wildman–Crippen LogP) is 2.78. The van der Waals surface area contributed by atoms with Crippen LogP contribution in [0.2, 0.25) is 0 Å². The van der Waals surface area contributed by atoms with Crippen LogP contribution in [0.4, 0.5) is 4.79 Å². The van der Waals surface area contributed by atoms with Crippen molar-refractivity contribution in [2.75, 3.05) is 41.5 Å². The third kappa shape index (κ3) is 4.48. The SMILES string of the molecule is COc1cc2c(cc1OC)CN(C(=O)CCCN1C(=O)C3Cc4cc(OC)c(OC)cc4CN3C1=O)CC2. The van der Waals surface area contributed by atoms with Crippen molar-refractivity contribution in [2.45, 2.75) is 44.8 Å². The van der Waals surface area contributed by atoms with Crippen LogP contribution in [0.1, 0.15) is 35.1 Å². The molecular weight excluding hydrogens is 490 g/mol. The van der Waals surface area contributed by atoms with Gasteiger partial charge in [0.2, 0.25) is 5.91 Å². The third-order valence-electron chi connectivity index (χ3n) is 7.71. The molecule has 3 heterocycles. The maximum absolute atomic E-state index is 13.2. The van der Waals surface area contributed by atoms with Crippen LogP contribution in [0, 0.1) is 0 Å². The molecule has 2 aromatic rings. The van der Waals surface area contributed by atoms with Gasteiger partial charge in [0, 0.05) is 39.0 Å². The van der Waals surface area contributed by atoms with E-state index in [0.717, 1.165) is 28.7 Å². The summed E-state index contributed by atoms with van der Waals surface area (Å²) < 4.78 is 21.6. The molecule has 38 heavy (non-hydrogen) atoms. The summed E-state index contributed by atoms with van der Waals surface area (Å²) in [5.74, 6) is 2.32. The molecule has 1 saturated heterocycles. The number of urea groups is 1. The number of ether oxygens (including phenoxy) is 4. The first kappa shape index (κ1) is 25.7. The average molecular weight is 524 g/mol. The smallest absolute Gasteiger partial charge is 0.327 e. The van der Waals surface area contributed by atoms with Crippen LogP contribution < -0.4 is 18.9 Å². The van der Waals surface area contributed by atoms with Crippen molar-refractivity contribution in [1.82, 2.24) is 14.7 Å². The van der Waals surface area contributed by atoms with Gasteiger partial charge in [-0.1, -0.05) is 0 Å². The Kier molecular flexibility index (Phi) is 7.05. The third-order valence-corrected chi connectivity index (χ3v) is 7.71. The Morgan fingerprint density at radius 3 is 1.97 bits per heavy atom. The maximum Gasteiger partial charge on any atom is 0.327 e. The first-order valence-corrected chi connectivity index (χ1v) is 12.8. The fourth-order valence-electron chi connectivity index (χ4n) is 5.61. The maximum atomic E-state index is 13.2. The first-order valence-electron chi connectivity index (χ1n) is 12.8. The molecule has 0 radical (unpaired) electrons. The van der Waals surface area contributed by atoms with E-state index < -0.39 is 6.04 Å². The van der Waals surface area contributed by atoms with Crippen molar-refractivity contribution in [3.05, 3.63) is 46.5 Å². The summed E-state index contributed by atoms with van der Waals surface area (Å²) in [5, 5.41) is 0. The molecule has 1 atom stereocenters. The van der Waals surface area contributed by atoms with Gasteiger partial charge in [0.05, 0.1) is 28.4 Å². The second kappa shape index (κ2) is 10.4. The molecule has 0 saturated carbocycles. The highest BCUT2D eigenvalue weighted by atomic mass is 16.5. The lowest BCUT2D eigenvalue weighted by Gasteiger charge is -2.30. The molecule has 0 bridgehead atoms. The molecule has 0 spiro atoms. The molecule has 5 rings (SSSR count). The lowest BCUT2D eigenvalue weighted by atomic mass is 9.94. The summed E-state index contributed by atoms with van der Waals surface area (Å²) in [6.45, 7) is 1.66. The quantitative estimate of drug-likeness (QED) is 0.491. The largest absolute Gasteiger partial charge is 0.493 e. The summed E-state index contributed by atoms with van der Waals surface area (Å²) in [7, 11) is 6.34. The number of benzene rings is 2. The van der Waals surface area contributed by atoms with Crippen LogP contribution >= 0.6 is 0 Å². The molecule has 10 heteroatoms. The summed E-state index contributed by atoms with van der Waals surface area (Å²) in [6.07, 6.45) is 1.84. The summed E-state index contributed by atoms with van der Waals surface area (Å²) in [5.41, 5.74) is 4.10. The number of hydrogen-bond donors (Lipinski definition) is 0. The van der Waals surface area contributed by atoms with E-state index in [4.69, 9.17) is 18.9 Å². The summed E-state index contributed by atoms with van der Waals surface area (Å²) in [4.78, 5) is 44.0. The van der Waals surface area contributed by atoms with Gasteiger partial charge in [0.25, 0.3) is 5.91 Å². The molecule has 2 aromatic carbocycles. The van der Waals surface area contributed by atoms with Gasteiger partial charge in [-0.2, -0.15) is 0 Å². The Balaban J connectivity index is 1.19. The van der Waals surface area contributed by atoms with Crippen molar-refractivity contribution in [3.8, 4) is 23.0 Å². The molecule has 202 valence electrons. The van der Waals surface area contributed by atoms with Crippen LogP contribution in [0.15, 0.2) is 24.3 Å². The van der Waals surface area contributed by atoms with E-state index in [2.05, 4.69) is 0 Å². The zero-order chi connectivity index (χ0) is 27.0. The van der Waals surface area contributed by atoms with E-state index >= 15 is 0 Å². The standard InChI is InChI=1S/C28H33N3O7/c1-35-22-11-17-7-9-29(15-19(17)13-24(22)37-3)26(32)6-5-8-30-27(33)21-10-18-12-23(36-2)25(38-4)14-20(18)16-31(21)28(30)34/h11-14,21H,5-10,15-16H2,1-4H3. The zero-order valence-electron chi connectivity index (χ0n) is 22.2. The fraction of sp³-hybridized carbons (Fsp3) is 0.464. The molecule has 1 unspecified atom stereocenters. The molecule has 4 amide bonds. The van der Waals surface area contributed by atoms with Crippen molar-refractivity contribution in [2.24, 2.45) is 0 Å². The molecule has 3 aliphatic rings. The Labute approximate surface area is 222 Å². The number of amides is 4. The monoisotopic (exact) mass is 523 g/mol. The number of carbonyl (C=O) groups excluding carboxylic acids is 3. The average Bonchev–Trinajstić information content (AvgIpc) is 3.17. The number of fused-ring (bicyclic) bond motifs is 3. The van der Waals surface area contributed by atoms with E-state index in [1.54, 1.807) is 33.3 Å². The predicted molar refractivity (Wildman–Crippen MR) is 138 cm³/mol. The van der Waals surface area contributed by atoms with Crippen molar-refractivity contribution >= 4 is 17.8 Å². The Morgan fingerprint density at radius 2 is 1.37 bits per heavy atom. The van der Waals surface area contributed by atoms with Gasteiger partial charge < -0.3 is 28.7 Å². The van der Waals surface area contributed by atoms with Crippen LogP contribution in [0.5, 0.6) is 23.0 Å². The Bertz CT molecular complexity index is 1230. The Hall–Kier alpha value is -3.95. The van der Waals surface area contributed by atoms with Crippen LogP contribution in [-0.2, 0) is 35.5 Å². The Morgan fingerprint density at radius 1 is 0.816 bits per heavy atom. The first-order chi connectivity index (χ1) is 18.4. The number of nitrogens with zero attached hydrogens (tertiary/aromatic N) is 3. The highest BCUT2D eigenvalue weighted by Gasteiger charge is 2.47. The van der Waals surface area contributed by atoms with Crippen LogP contribution in [-0.4, -0.2) is 80.1 Å². The van der Waals surface area contributed by atoms with Gasteiger partial charge in [-0.15, -0.1) is 0 Å². The minimum Gasteiger partial charge on any atom is -0.493 e. The normalized spacial score (nSPS) is 18.1.